The third-order valence-corrected chi connectivity index (χ3v) is 2.52. The predicted octanol–water partition coefficient (Wildman–Crippen LogP) is 0.0935. The van der Waals surface area contributed by atoms with Crippen molar-refractivity contribution in [3.8, 4) is 0 Å². The topological polar surface area (TPSA) is 83.5 Å². The summed E-state index contributed by atoms with van der Waals surface area (Å²) in [6.07, 6.45) is 3.50. The highest BCUT2D eigenvalue weighted by molar-refractivity contribution is 5.72. The van der Waals surface area contributed by atoms with Gasteiger partial charge in [0.25, 0.3) is 0 Å². The van der Waals surface area contributed by atoms with E-state index >= 15 is 0 Å². The Morgan fingerprint density at radius 2 is 2.17 bits per heavy atom. The minimum atomic E-state index is -0.988. The Bertz CT molecular complexity index is 177. The first kappa shape index (κ1) is 9.48. The minimum absolute atomic E-state index is 0.367. The van der Waals surface area contributed by atoms with Crippen molar-refractivity contribution < 1.29 is 15.0 Å². The van der Waals surface area contributed by atoms with Crippen molar-refractivity contribution in [2.24, 2.45) is 5.73 Å². The first-order valence-corrected chi connectivity index (χ1v) is 4.24. The van der Waals surface area contributed by atoms with Crippen LogP contribution in [0.25, 0.3) is 0 Å². The smallest absolute Gasteiger partial charge is 0.320 e. The van der Waals surface area contributed by atoms with Gasteiger partial charge in [0.2, 0.25) is 0 Å². The number of aliphatic hydroxyl groups is 1. The van der Waals surface area contributed by atoms with Crippen LogP contribution in [0.15, 0.2) is 0 Å². The standard InChI is InChI=1S/C8H15NO3/c9-6(7(10)11)2-5-8(12)3-1-4-8/h6,12H,1-5,9H2,(H,10,11)/t6-/m0/s1. The second-order valence-corrected chi connectivity index (χ2v) is 3.56. The number of carbonyl (C=O) groups is 1. The van der Waals surface area contributed by atoms with Crippen LogP contribution in [-0.4, -0.2) is 27.8 Å². The van der Waals surface area contributed by atoms with Crippen molar-refractivity contribution in [1.82, 2.24) is 0 Å². The van der Waals surface area contributed by atoms with Crippen LogP contribution in [0.4, 0.5) is 0 Å². The normalized spacial score (nSPS) is 22.8. The number of aliphatic carboxylic acids is 1. The van der Waals surface area contributed by atoms with E-state index in [1.54, 1.807) is 0 Å². The van der Waals surface area contributed by atoms with Crippen molar-refractivity contribution in [2.75, 3.05) is 0 Å². The molecule has 0 aromatic rings. The molecule has 4 heteroatoms. The molecule has 12 heavy (non-hydrogen) atoms. The van der Waals surface area contributed by atoms with E-state index in [0.717, 1.165) is 19.3 Å². The number of rotatable bonds is 4. The molecular weight excluding hydrogens is 158 g/mol. The third kappa shape index (κ3) is 2.19. The predicted molar refractivity (Wildman–Crippen MR) is 43.6 cm³/mol. The van der Waals surface area contributed by atoms with Gasteiger partial charge in [0, 0.05) is 0 Å². The first-order chi connectivity index (χ1) is 5.53. The zero-order chi connectivity index (χ0) is 9.19. The van der Waals surface area contributed by atoms with E-state index in [2.05, 4.69) is 0 Å². The van der Waals surface area contributed by atoms with Crippen molar-refractivity contribution in [3.05, 3.63) is 0 Å². The van der Waals surface area contributed by atoms with E-state index in [4.69, 9.17) is 10.8 Å². The number of nitrogens with two attached hydrogens (primary N) is 1. The Morgan fingerprint density at radius 1 is 1.58 bits per heavy atom. The van der Waals surface area contributed by atoms with Crippen molar-refractivity contribution in [2.45, 2.75) is 43.7 Å². The van der Waals surface area contributed by atoms with Crippen LogP contribution >= 0.6 is 0 Å². The molecule has 0 aliphatic heterocycles. The summed E-state index contributed by atoms with van der Waals surface area (Å²) in [4.78, 5) is 10.3. The molecule has 1 atom stereocenters. The van der Waals surface area contributed by atoms with E-state index in [1.165, 1.54) is 0 Å². The highest BCUT2D eigenvalue weighted by atomic mass is 16.4. The van der Waals surface area contributed by atoms with Gasteiger partial charge in [-0.1, -0.05) is 0 Å². The van der Waals surface area contributed by atoms with Gasteiger partial charge in [-0.2, -0.15) is 0 Å². The van der Waals surface area contributed by atoms with Crippen molar-refractivity contribution in [1.29, 1.82) is 0 Å². The lowest BCUT2D eigenvalue weighted by Crippen LogP contribution is -2.40. The molecule has 1 aliphatic rings. The largest absolute Gasteiger partial charge is 0.480 e. The molecule has 0 amide bonds. The van der Waals surface area contributed by atoms with E-state index in [9.17, 15) is 9.90 Å². The summed E-state index contributed by atoms with van der Waals surface area (Å²) in [6, 6.07) is -0.824. The fourth-order valence-corrected chi connectivity index (χ4v) is 1.38. The Kier molecular flexibility index (Phi) is 2.69. The lowest BCUT2D eigenvalue weighted by Gasteiger charge is -2.37. The summed E-state index contributed by atoms with van der Waals surface area (Å²) in [5.74, 6) is -0.988. The summed E-state index contributed by atoms with van der Waals surface area (Å²) in [6.45, 7) is 0. The fourth-order valence-electron chi connectivity index (χ4n) is 1.38. The van der Waals surface area contributed by atoms with Gasteiger partial charge in [-0.05, 0) is 32.1 Å². The van der Waals surface area contributed by atoms with Crippen LogP contribution in [0.2, 0.25) is 0 Å². The Hall–Kier alpha value is -0.610. The SMILES string of the molecule is N[C@@H](CCC1(O)CCC1)C(=O)O. The Labute approximate surface area is 71.4 Å². The summed E-state index contributed by atoms with van der Waals surface area (Å²) in [7, 11) is 0. The number of carboxylic acids is 1. The third-order valence-electron chi connectivity index (χ3n) is 2.52. The van der Waals surface area contributed by atoms with Gasteiger partial charge >= 0.3 is 5.97 Å². The number of hydrogen-bond donors (Lipinski definition) is 3. The average Bonchev–Trinajstić information content (AvgIpc) is 1.96. The van der Waals surface area contributed by atoms with Crippen LogP contribution in [-0.2, 0) is 4.79 Å². The molecule has 70 valence electrons. The molecule has 0 saturated heterocycles. The van der Waals surface area contributed by atoms with Gasteiger partial charge in [0.15, 0.2) is 0 Å². The maximum atomic E-state index is 10.3. The quantitative estimate of drug-likeness (QED) is 0.562. The minimum Gasteiger partial charge on any atom is -0.480 e. The van der Waals surface area contributed by atoms with E-state index in [1.807, 2.05) is 0 Å². The Balaban J connectivity index is 2.20. The second-order valence-electron chi connectivity index (χ2n) is 3.56. The molecule has 1 rings (SSSR count). The second kappa shape index (κ2) is 3.41. The van der Waals surface area contributed by atoms with Crippen LogP contribution in [0, 0.1) is 0 Å². The molecule has 0 radical (unpaired) electrons. The molecule has 0 unspecified atom stereocenters. The lowest BCUT2D eigenvalue weighted by atomic mass is 9.76. The van der Waals surface area contributed by atoms with Crippen LogP contribution in [0.5, 0.6) is 0 Å². The fraction of sp³-hybridized carbons (Fsp3) is 0.875. The van der Waals surface area contributed by atoms with Gasteiger partial charge in [-0.3, -0.25) is 4.79 Å². The molecule has 4 N–H and O–H groups in total. The van der Waals surface area contributed by atoms with Crippen LogP contribution < -0.4 is 5.73 Å². The summed E-state index contributed by atoms with van der Waals surface area (Å²) in [5, 5.41) is 18.1. The number of hydrogen-bond acceptors (Lipinski definition) is 3. The van der Waals surface area contributed by atoms with Gasteiger partial charge in [0.1, 0.15) is 6.04 Å². The highest BCUT2D eigenvalue weighted by Crippen LogP contribution is 2.35. The van der Waals surface area contributed by atoms with Crippen molar-refractivity contribution in [3.63, 3.8) is 0 Å². The summed E-state index contributed by atoms with van der Waals surface area (Å²) >= 11 is 0. The lowest BCUT2D eigenvalue weighted by molar-refractivity contribution is -0.139. The molecule has 4 nitrogen and oxygen atoms in total. The Morgan fingerprint density at radius 3 is 2.50 bits per heavy atom. The van der Waals surface area contributed by atoms with Crippen LogP contribution in [0.3, 0.4) is 0 Å². The van der Waals surface area contributed by atoms with E-state index in [0.29, 0.717) is 12.8 Å². The molecule has 0 spiro atoms. The monoisotopic (exact) mass is 173 g/mol. The highest BCUT2D eigenvalue weighted by Gasteiger charge is 2.34. The summed E-state index contributed by atoms with van der Waals surface area (Å²) < 4.78 is 0. The summed E-state index contributed by atoms with van der Waals surface area (Å²) in [5.41, 5.74) is 4.69. The van der Waals surface area contributed by atoms with Gasteiger partial charge < -0.3 is 15.9 Å². The maximum Gasteiger partial charge on any atom is 0.320 e. The van der Waals surface area contributed by atoms with E-state index < -0.39 is 17.6 Å². The number of carboxylic acid groups (broad SMARTS) is 1. The maximum absolute atomic E-state index is 10.3. The molecule has 0 aromatic heterocycles. The zero-order valence-corrected chi connectivity index (χ0v) is 6.99. The van der Waals surface area contributed by atoms with Crippen LogP contribution in [0.1, 0.15) is 32.1 Å². The van der Waals surface area contributed by atoms with Gasteiger partial charge in [-0.25, -0.2) is 0 Å². The average molecular weight is 173 g/mol. The molecule has 1 saturated carbocycles. The molecule has 0 bridgehead atoms. The molecular formula is C8H15NO3. The molecule has 0 heterocycles. The van der Waals surface area contributed by atoms with E-state index in [-0.39, 0.29) is 0 Å². The molecule has 1 aliphatic carbocycles. The van der Waals surface area contributed by atoms with Gasteiger partial charge in [0.05, 0.1) is 5.60 Å². The van der Waals surface area contributed by atoms with Crippen molar-refractivity contribution >= 4 is 5.97 Å². The molecule has 1 fully saturated rings. The first-order valence-electron chi connectivity index (χ1n) is 4.24. The van der Waals surface area contributed by atoms with Gasteiger partial charge in [-0.15, -0.1) is 0 Å². The molecule has 0 aromatic carbocycles. The zero-order valence-electron chi connectivity index (χ0n) is 6.99.